The van der Waals surface area contributed by atoms with E-state index in [1.165, 1.54) is 18.2 Å². The number of aromatic hydroxyl groups is 1. The van der Waals surface area contributed by atoms with Crippen LogP contribution in [0.2, 0.25) is 0 Å². The number of ether oxygens (including phenoxy) is 1. The van der Waals surface area contributed by atoms with Gasteiger partial charge in [-0.3, -0.25) is 0 Å². The van der Waals surface area contributed by atoms with Crippen molar-refractivity contribution in [2.75, 3.05) is 13.2 Å². The van der Waals surface area contributed by atoms with E-state index >= 15 is 0 Å². The van der Waals surface area contributed by atoms with Gasteiger partial charge in [0, 0.05) is 12.5 Å². The number of hydrogen-bond donors (Lipinski definition) is 4. The van der Waals surface area contributed by atoms with Crippen molar-refractivity contribution < 1.29 is 24.9 Å². The molecule has 4 N–H and O–H groups in total. The minimum atomic E-state index is -1.35. The van der Waals surface area contributed by atoms with Crippen molar-refractivity contribution in [3.05, 3.63) is 89.0 Å². The van der Waals surface area contributed by atoms with Crippen LogP contribution in [-0.4, -0.2) is 40.7 Å². The number of phenols is 1. The highest BCUT2D eigenvalue weighted by Gasteiger charge is 2.29. The highest BCUT2D eigenvalue weighted by atomic mass is 16.5. The number of carbonyl (C=O) groups excluding carboxylic acids is 1. The Bertz CT molecular complexity index is 1140. The van der Waals surface area contributed by atoms with Crippen molar-refractivity contribution in [1.82, 2.24) is 5.32 Å². The van der Waals surface area contributed by atoms with Gasteiger partial charge < -0.3 is 25.4 Å². The minimum absolute atomic E-state index is 0.0155. The maximum absolute atomic E-state index is 12.2. The van der Waals surface area contributed by atoms with Crippen LogP contribution in [0.1, 0.15) is 34.3 Å². The number of amides is 1. The standard InChI is InChI=1S/C25H22N2O5/c26-12-16-11-15(9-10-22(16)28)24(30)23(29)13-27-25(31)32-14-21-19-7-3-1-5-17(19)18-6-2-4-8-20(18)21/h1-11,21,23-24,28-30H,13-14H2,(H,27,31). The molecule has 1 aliphatic rings. The van der Waals surface area contributed by atoms with Gasteiger partial charge in [0.2, 0.25) is 0 Å². The van der Waals surface area contributed by atoms with Gasteiger partial charge >= 0.3 is 6.09 Å². The molecule has 7 heteroatoms. The number of nitriles is 1. The molecule has 162 valence electrons. The number of aliphatic hydroxyl groups excluding tert-OH is 2. The molecule has 2 atom stereocenters. The number of alkyl carbamates (subject to hydrolysis) is 1. The fourth-order valence-electron chi connectivity index (χ4n) is 4.00. The average Bonchev–Trinajstić information content (AvgIpc) is 3.14. The van der Waals surface area contributed by atoms with E-state index in [1.807, 2.05) is 48.5 Å². The molecule has 0 bridgehead atoms. The lowest BCUT2D eigenvalue weighted by molar-refractivity contribution is 0.0185. The molecule has 7 nitrogen and oxygen atoms in total. The highest BCUT2D eigenvalue weighted by Crippen LogP contribution is 2.44. The summed E-state index contributed by atoms with van der Waals surface area (Å²) in [6, 6.07) is 21.8. The van der Waals surface area contributed by atoms with Crippen molar-refractivity contribution in [3.63, 3.8) is 0 Å². The summed E-state index contributed by atoms with van der Waals surface area (Å²) in [7, 11) is 0. The van der Waals surface area contributed by atoms with E-state index in [9.17, 15) is 20.1 Å². The van der Waals surface area contributed by atoms with Gasteiger partial charge in [-0.15, -0.1) is 0 Å². The van der Waals surface area contributed by atoms with Crippen LogP contribution in [0.25, 0.3) is 11.1 Å². The van der Waals surface area contributed by atoms with Crippen LogP contribution in [0, 0.1) is 11.3 Å². The van der Waals surface area contributed by atoms with E-state index in [0.29, 0.717) is 0 Å². The Morgan fingerprint density at radius 2 is 1.66 bits per heavy atom. The van der Waals surface area contributed by atoms with Crippen LogP contribution in [-0.2, 0) is 4.74 Å². The predicted octanol–water partition coefficient (Wildman–Crippen LogP) is 3.20. The summed E-state index contributed by atoms with van der Waals surface area (Å²) in [4.78, 5) is 12.2. The molecule has 0 aliphatic heterocycles. The number of rotatable bonds is 6. The number of nitrogens with one attached hydrogen (secondary N) is 1. The van der Waals surface area contributed by atoms with Gasteiger partial charge in [-0.1, -0.05) is 54.6 Å². The third-order valence-corrected chi connectivity index (χ3v) is 5.65. The summed E-state index contributed by atoms with van der Waals surface area (Å²) >= 11 is 0. The number of benzene rings is 3. The summed E-state index contributed by atoms with van der Waals surface area (Å²) in [5.74, 6) is -0.292. The first-order chi connectivity index (χ1) is 15.5. The molecule has 0 radical (unpaired) electrons. The van der Waals surface area contributed by atoms with Gasteiger partial charge in [0.1, 0.15) is 30.6 Å². The van der Waals surface area contributed by atoms with Crippen molar-refractivity contribution >= 4 is 6.09 Å². The summed E-state index contributed by atoms with van der Waals surface area (Å²) in [6.45, 7) is -0.109. The van der Waals surface area contributed by atoms with E-state index in [4.69, 9.17) is 10.00 Å². The molecule has 0 saturated heterocycles. The van der Waals surface area contributed by atoms with Crippen LogP contribution < -0.4 is 5.32 Å². The molecule has 1 amide bonds. The number of nitrogens with zero attached hydrogens (tertiary/aromatic N) is 1. The molecule has 1 aliphatic carbocycles. The monoisotopic (exact) mass is 430 g/mol. The van der Waals surface area contributed by atoms with Crippen LogP contribution in [0.3, 0.4) is 0 Å². The Balaban J connectivity index is 1.34. The maximum atomic E-state index is 12.2. The van der Waals surface area contributed by atoms with E-state index in [0.717, 1.165) is 22.3 Å². The summed E-state index contributed by atoms with van der Waals surface area (Å²) in [5, 5.41) is 41.5. The van der Waals surface area contributed by atoms with Gasteiger partial charge in [0.25, 0.3) is 0 Å². The Hall–Kier alpha value is -3.86. The molecule has 2 unspecified atom stereocenters. The second-order valence-electron chi connectivity index (χ2n) is 7.61. The number of carbonyl (C=O) groups is 1. The van der Waals surface area contributed by atoms with E-state index in [-0.39, 0.29) is 35.9 Å². The Morgan fingerprint density at radius 1 is 1.03 bits per heavy atom. The SMILES string of the molecule is N#Cc1cc(C(O)C(O)CNC(=O)OCC2c3ccccc3-c3ccccc32)ccc1O. The van der Waals surface area contributed by atoms with Crippen molar-refractivity contribution in [2.45, 2.75) is 18.1 Å². The lowest BCUT2D eigenvalue weighted by atomic mass is 9.98. The van der Waals surface area contributed by atoms with Crippen LogP contribution in [0.15, 0.2) is 66.7 Å². The molecule has 0 saturated carbocycles. The number of hydrogen-bond acceptors (Lipinski definition) is 6. The van der Waals surface area contributed by atoms with Crippen LogP contribution in [0.5, 0.6) is 5.75 Å². The smallest absolute Gasteiger partial charge is 0.407 e. The zero-order valence-electron chi connectivity index (χ0n) is 17.1. The lowest BCUT2D eigenvalue weighted by Crippen LogP contribution is -2.36. The normalized spacial score (nSPS) is 14.0. The molecule has 4 rings (SSSR count). The van der Waals surface area contributed by atoms with Crippen molar-refractivity contribution in [2.24, 2.45) is 0 Å². The first-order valence-electron chi connectivity index (χ1n) is 10.2. The summed E-state index contributed by atoms with van der Waals surface area (Å²) < 4.78 is 5.41. The molecule has 0 fully saturated rings. The fourth-order valence-corrected chi connectivity index (χ4v) is 4.00. The zero-order valence-corrected chi connectivity index (χ0v) is 17.1. The Morgan fingerprint density at radius 3 is 2.28 bits per heavy atom. The van der Waals surface area contributed by atoms with E-state index in [1.54, 1.807) is 6.07 Å². The molecule has 0 spiro atoms. The quantitative estimate of drug-likeness (QED) is 0.476. The molecule has 0 aromatic heterocycles. The number of phenolic OH excluding ortho intramolecular Hbond substituents is 1. The molecule has 0 heterocycles. The van der Waals surface area contributed by atoms with Gasteiger partial charge in [0.15, 0.2) is 0 Å². The Labute approximate surface area is 185 Å². The summed E-state index contributed by atoms with van der Waals surface area (Å²) in [5.41, 5.74) is 4.68. The molecule has 32 heavy (non-hydrogen) atoms. The van der Waals surface area contributed by atoms with Crippen LogP contribution >= 0.6 is 0 Å². The van der Waals surface area contributed by atoms with Gasteiger partial charge in [-0.2, -0.15) is 5.26 Å². The predicted molar refractivity (Wildman–Crippen MR) is 117 cm³/mol. The molecular weight excluding hydrogens is 408 g/mol. The summed E-state index contributed by atoms with van der Waals surface area (Å²) in [6.07, 6.45) is -3.38. The highest BCUT2D eigenvalue weighted by molar-refractivity contribution is 5.79. The second-order valence-corrected chi connectivity index (χ2v) is 7.61. The van der Waals surface area contributed by atoms with Gasteiger partial charge in [-0.05, 0) is 39.9 Å². The third-order valence-electron chi connectivity index (χ3n) is 5.65. The fraction of sp³-hybridized carbons (Fsp3) is 0.200. The second kappa shape index (κ2) is 9.10. The third kappa shape index (κ3) is 4.14. The minimum Gasteiger partial charge on any atom is -0.507 e. The van der Waals surface area contributed by atoms with E-state index in [2.05, 4.69) is 5.32 Å². The molecular formula is C25H22N2O5. The Kier molecular flexibility index (Phi) is 6.08. The lowest BCUT2D eigenvalue weighted by Gasteiger charge is -2.19. The number of aliphatic hydroxyl groups is 2. The maximum Gasteiger partial charge on any atom is 0.407 e. The molecule has 3 aromatic rings. The van der Waals surface area contributed by atoms with Crippen LogP contribution in [0.4, 0.5) is 4.79 Å². The largest absolute Gasteiger partial charge is 0.507 e. The zero-order chi connectivity index (χ0) is 22.7. The number of fused-ring (bicyclic) bond motifs is 3. The van der Waals surface area contributed by atoms with Gasteiger partial charge in [-0.25, -0.2) is 4.79 Å². The topological polar surface area (TPSA) is 123 Å². The van der Waals surface area contributed by atoms with E-state index < -0.39 is 18.3 Å². The van der Waals surface area contributed by atoms with Crippen molar-refractivity contribution in [3.8, 4) is 22.9 Å². The van der Waals surface area contributed by atoms with Gasteiger partial charge in [0.05, 0.1) is 5.56 Å². The molecule has 3 aromatic carbocycles. The first-order valence-corrected chi connectivity index (χ1v) is 10.2. The first kappa shape index (κ1) is 21.4. The van der Waals surface area contributed by atoms with Crippen molar-refractivity contribution in [1.29, 1.82) is 5.26 Å². The average molecular weight is 430 g/mol.